The van der Waals surface area contributed by atoms with Gasteiger partial charge >= 0.3 is 35.8 Å². The van der Waals surface area contributed by atoms with Crippen molar-refractivity contribution in [2.45, 2.75) is 29.8 Å². The van der Waals surface area contributed by atoms with Crippen molar-refractivity contribution in [3.05, 3.63) is 0 Å². The number of esters is 1. The van der Waals surface area contributed by atoms with Gasteiger partial charge in [-0.2, -0.15) is 43.9 Å². The number of cyclic esters (lactones) is 1. The first-order valence-electron chi connectivity index (χ1n) is 3.75. The molecule has 0 saturated carbocycles. The minimum Gasteiger partial charge on any atom is -0.391 e. The number of rotatable bonds is 0. The predicted molar refractivity (Wildman–Crippen MR) is 30.8 cm³/mol. The third-order valence-electron chi connectivity index (χ3n) is 2.03. The standard InChI is InChI=1S/C6F10O2/c7-2(8)1(17)18-6(15,16)5(13,14)4(11,12)3(2,9)10. The Hall–Kier alpha value is -1.23. The highest BCUT2D eigenvalue weighted by molar-refractivity contribution is 5.80. The molecule has 2 nitrogen and oxygen atoms in total. The summed E-state index contributed by atoms with van der Waals surface area (Å²) in [6.07, 6.45) is -6.52. The van der Waals surface area contributed by atoms with Gasteiger partial charge in [0.1, 0.15) is 0 Å². The minimum atomic E-state index is -7.21. The number of hydrogen-bond donors (Lipinski definition) is 0. The van der Waals surface area contributed by atoms with E-state index in [1.54, 1.807) is 0 Å². The first kappa shape index (κ1) is 14.8. The molecule has 1 heterocycles. The van der Waals surface area contributed by atoms with E-state index in [0.29, 0.717) is 0 Å². The third kappa shape index (κ3) is 1.34. The molecule has 0 spiro atoms. The van der Waals surface area contributed by atoms with E-state index in [1.807, 2.05) is 0 Å². The lowest BCUT2D eigenvalue weighted by Gasteiger charge is -2.32. The van der Waals surface area contributed by atoms with Gasteiger partial charge in [0, 0.05) is 0 Å². The second-order valence-electron chi connectivity index (χ2n) is 3.20. The van der Waals surface area contributed by atoms with Crippen LogP contribution in [0.25, 0.3) is 0 Å². The number of ether oxygens (including phenoxy) is 1. The second-order valence-corrected chi connectivity index (χ2v) is 3.20. The molecule has 1 fully saturated rings. The average Bonchev–Trinajstić information content (AvgIpc) is 2.15. The van der Waals surface area contributed by atoms with Crippen LogP contribution >= 0.6 is 0 Å². The number of carbonyl (C=O) groups excluding carboxylic acids is 1. The van der Waals surface area contributed by atoms with Crippen LogP contribution in [0.15, 0.2) is 0 Å². The molecule has 0 aliphatic carbocycles. The Labute approximate surface area is 90.5 Å². The summed E-state index contributed by atoms with van der Waals surface area (Å²) in [4.78, 5) is 10.1. The first-order valence-corrected chi connectivity index (χ1v) is 3.75. The Balaban J connectivity index is 3.62. The van der Waals surface area contributed by atoms with Crippen molar-refractivity contribution in [3.8, 4) is 0 Å². The van der Waals surface area contributed by atoms with Gasteiger partial charge in [-0.05, 0) is 0 Å². The Morgan fingerprint density at radius 2 is 1.06 bits per heavy atom. The summed E-state index contributed by atoms with van der Waals surface area (Å²) in [5.74, 6) is -31.7. The van der Waals surface area contributed by atoms with Gasteiger partial charge in [-0.1, -0.05) is 0 Å². The Morgan fingerprint density at radius 1 is 0.667 bits per heavy atom. The number of alkyl halides is 10. The van der Waals surface area contributed by atoms with Crippen LogP contribution in [-0.2, 0) is 9.53 Å². The van der Waals surface area contributed by atoms with Crippen LogP contribution in [-0.4, -0.2) is 35.8 Å². The van der Waals surface area contributed by atoms with Gasteiger partial charge in [-0.3, -0.25) is 0 Å². The smallest absolute Gasteiger partial charge is 0.391 e. The maximum atomic E-state index is 12.5. The number of halogens is 10. The molecule has 1 aliphatic heterocycles. The quantitative estimate of drug-likeness (QED) is 0.507. The summed E-state index contributed by atoms with van der Waals surface area (Å²) >= 11 is 0. The Morgan fingerprint density at radius 3 is 1.44 bits per heavy atom. The molecule has 18 heavy (non-hydrogen) atoms. The summed E-state index contributed by atoms with van der Waals surface area (Å²) in [5.41, 5.74) is 0. The van der Waals surface area contributed by atoms with E-state index in [-0.39, 0.29) is 0 Å². The zero-order valence-electron chi connectivity index (χ0n) is 7.60. The largest absolute Gasteiger partial charge is 0.473 e. The molecule has 0 aromatic carbocycles. The van der Waals surface area contributed by atoms with E-state index >= 15 is 0 Å². The van der Waals surface area contributed by atoms with Gasteiger partial charge in [0.25, 0.3) is 0 Å². The van der Waals surface area contributed by atoms with Crippen molar-refractivity contribution in [1.82, 2.24) is 0 Å². The highest BCUT2D eigenvalue weighted by Crippen LogP contribution is 2.59. The number of carbonyl (C=O) groups is 1. The van der Waals surface area contributed by atoms with E-state index in [4.69, 9.17) is 0 Å². The normalized spacial score (nSPS) is 31.3. The highest BCUT2D eigenvalue weighted by Gasteiger charge is 2.92. The molecule has 0 N–H and O–H groups in total. The Kier molecular flexibility index (Phi) is 2.64. The monoisotopic (exact) mass is 294 g/mol. The fourth-order valence-corrected chi connectivity index (χ4v) is 0.950. The molecule has 12 heteroatoms. The molecule has 0 aromatic rings. The second kappa shape index (κ2) is 3.20. The van der Waals surface area contributed by atoms with E-state index in [0.717, 1.165) is 0 Å². The molecule has 0 aromatic heterocycles. The zero-order chi connectivity index (χ0) is 14.8. The van der Waals surface area contributed by atoms with Gasteiger partial charge in [0.05, 0.1) is 0 Å². The van der Waals surface area contributed by atoms with Crippen molar-refractivity contribution in [3.63, 3.8) is 0 Å². The molecule has 0 amide bonds. The van der Waals surface area contributed by atoms with Crippen LogP contribution < -0.4 is 0 Å². The molecule has 0 radical (unpaired) electrons. The topological polar surface area (TPSA) is 26.3 Å². The molecule has 0 bridgehead atoms. The third-order valence-corrected chi connectivity index (χ3v) is 2.03. The summed E-state index contributed by atoms with van der Waals surface area (Å²) in [7, 11) is 0. The summed E-state index contributed by atoms with van der Waals surface area (Å²) in [6.45, 7) is 0. The molecule has 106 valence electrons. The van der Waals surface area contributed by atoms with Crippen LogP contribution in [0.1, 0.15) is 0 Å². The predicted octanol–water partition coefficient (Wildman–Crippen LogP) is 2.68. The molecule has 0 atom stereocenters. The lowest BCUT2D eigenvalue weighted by Crippen LogP contribution is -2.65. The molecule has 1 rings (SSSR count). The minimum absolute atomic E-state index is 2.07. The molecular formula is C6F10O2. The fourth-order valence-electron chi connectivity index (χ4n) is 0.950. The van der Waals surface area contributed by atoms with Crippen molar-refractivity contribution >= 4 is 5.97 Å². The van der Waals surface area contributed by atoms with Crippen molar-refractivity contribution in [2.24, 2.45) is 0 Å². The molecule has 1 saturated heterocycles. The number of hydrogen-bond acceptors (Lipinski definition) is 2. The van der Waals surface area contributed by atoms with E-state index < -0.39 is 35.8 Å². The lowest BCUT2D eigenvalue weighted by atomic mass is 9.99. The molecule has 0 unspecified atom stereocenters. The summed E-state index contributed by atoms with van der Waals surface area (Å²) in [5, 5.41) is 0. The maximum absolute atomic E-state index is 12.5. The van der Waals surface area contributed by atoms with E-state index in [2.05, 4.69) is 4.74 Å². The lowest BCUT2D eigenvalue weighted by molar-refractivity contribution is -0.411. The zero-order valence-corrected chi connectivity index (χ0v) is 7.60. The van der Waals surface area contributed by atoms with Crippen molar-refractivity contribution < 1.29 is 53.4 Å². The van der Waals surface area contributed by atoms with Crippen LogP contribution in [0.3, 0.4) is 0 Å². The van der Waals surface area contributed by atoms with Gasteiger partial charge in [0.15, 0.2) is 0 Å². The summed E-state index contributed by atoms with van der Waals surface area (Å²) in [6, 6.07) is 0. The van der Waals surface area contributed by atoms with Crippen LogP contribution in [0.5, 0.6) is 0 Å². The van der Waals surface area contributed by atoms with E-state index in [9.17, 15) is 48.7 Å². The van der Waals surface area contributed by atoms with Crippen LogP contribution in [0, 0.1) is 0 Å². The van der Waals surface area contributed by atoms with Gasteiger partial charge < -0.3 is 4.74 Å². The van der Waals surface area contributed by atoms with Crippen LogP contribution in [0.2, 0.25) is 0 Å². The maximum Gasteiger partial charge on any atom is 0.473 e. The van der Waals surface area contributed by atoms with Gasteiger partial charge in [-0.15, -0.1) is 0 Å². The van der Waals surface area contributed by atoms with E-state index in [1.165, 1.54) is 0 Å². The summed E-state index contributed by atoms with van der Waals surface area (Å²) < 4.78 is 126. The fraction of sp³-hybridized carbons (Fsp3) is 0.833. The SMILES string of the molecule is O=C1OC(F)(F)C(F)(F)C(F)(F)C(F)(F)C1(F)F. The van der Waals surface area contributed by atoms with Gasteiger partial charge in [-0.25, -0.2) is 4.79 Å². The van der Waals surface area contributed by atoms with Crippen molar-refractivity contribution in [1.29, 1.82) is 0 Å². The van der Waals surface area contributed by atoms with Crippen LogP contribution in [0.4, 0.5) is 43.9 Å². The molecular weight excluding hydrogens is 294 g/mol. The Bertz CT molecular complexity index is 386. The molecule has 1 aliphatic rings. The van der Waals surface area contributed by atoms with Crippen molar-refractivity contribution in [2.75, 3.05) is 0 Å². The first-order chi connectivity index (χ1) is 7.63. The average molecular weight is 294 g/mol. The highest BCUT2D eigenvalue weighted by atomic mass is 19.4. The van der Waals surface area contributed by atoms with Gasteiger partial charge in [0.2, 0.25) is 0 Å².